The molecule has 8 heteroatoms. The van der Waals surface area contributed by atoms with Crippen molar-refractivity contribution in [2.45, 2.75) is 69.2 Å². The van der Waals surface area contributed by atoms with Gasteiger partial charge in [0.15, 0.2) is 5.17 Å². The number of thioether (sulfide) groups is 1. The number of rotatable bonds is 4. The molecule has 1 saturated heterocycles. The molecular weight excluding hydrogens is 437 g/mol. The van der Waals surface area contributed by atoms with E-state index < -0.39 is 0 Å². The molecule has 1 N–H and O–H groups in total. The predicted octanol–water partition coefficient (Wildman–Crippen LogP) is 6.26. The topological polar surface area (TPSA) is 44.7 Å². The lowest BCUT2D eigenvalue weighted by Gasteiger charge is -2.23. The Morgan fingerprint density at radius 1 is 1.18 bits per heavy atom. The molecule has 4 nitrogen and oxygen atoms in total. The molecule has 1 amide bonds. The van der Waals surface area contributed by atoms with Crippen LogP contribution in [0.5, 0.6) is 0 Å². The number of benzene rings is 1. The van der Waals surface area contributed by atoms with Crippen molar-refractivity contribution in [3.05, 3.63) is 28.2 Å². The van der Waals surface area contributed by atoms with Crippen LogP contribution in [0, 0.1) is 0 Å². The SMILES string of the molecule is CC1S/C(=N\C2CCCCCC2)N(C)C1CC(=O)Nc1cc(Cl)cc(Cl)c1.Cl. The largest absolute Gasteiger partial charge is 0.350 e. The Morgan fingerprint density at radius 2 is 1.79 bits per heavy atom. The molecule has 0 aromatic heterocycles. The van der Waals surface area contributed by atoms with Crippen LogP contribution in [-0.4, -0.2) is 40.4 Å². The van der Waals surface area contributed by atoms with Gasteiger partial charge in [-0.15, -0.1) is 12.4 Å². The van der Waals surface area contributed by atoms with Gasteiger partial charge in [-0.1, -0.05) is 67.6 Å². The van der Waals surface area contributed by atoms with Crippen LogP contribution in [0.2, 0.25) is 10.0 Å². The highest BCUT2D eigenvalue weighted by molar-refractivity contribution is 8.14. The zero-order chi connectivity index (χ0) is 19.4. The van der Waals surface area contributed by atoms with E-state index in [-0.39, 0.29) is 24.4 Å². The molecule has 2 fully saturated rings. The standard InChI is InChI=1S/C20H27Cl2N3OS.ClH/c1-13-18(12-19(26)23-17-10-14(21)9-15(22)11-17)25(2)20(27-13)24-16-7-5-3-4-6-8-16;/h9-11,13,16,18H,3-8,12H2,1-2H3,(H,23,26);1H/b24-20-;. The summed E-state index contributed by atoms with van der Waals surface area (Å²) in [5, 5.41) is 5.34. The second-order valence-corrected chi connectivity index (χ2v) is 9.69. The first-order valence-electron chi connectivity index (χ1n) is 9.65. The van der Waals surface area contributed by atoms with Crippen LogP contribution in [0.25, 0.3) is 0 Å². The Balaban J connectivity index is 0.00000280. The zero-order valence-electron chi connectivity index (χ0n) is 16.3. The minimum absolute atomic E-state index is 0. The van der Waals surface area contributed by atoms with Gasteiger partial charge in [-0.3, -0.25) is 9.79 Å². The van der Waals surface area contributed by atoms with Gasteiger partial charge in [-0.2, -0.15) is 0 Å². The van der Waals surface area contributed by atoms with E-state index in [0.717, 1.165) is 5.17 Å². The average molecular weight is 465 g/mol. The van der Waals surface area contributed by atoms with Gasteiger partial charge in [0.05, 0.1) is 12.1 Å². The minimum atomic E-state index is -0.0339. The summed E-state index contributed by atoms with van der Waals surface area (Å²) in [4.78, 5) is 19.8. The predicted molar refractivity (Wildman–Crippen MR) is 124 cm³/mol. The summed E-state index contributed by atoms with van der Waals surface area (Å²) in [6, 6.07) is 5.64. The first-order valence-corrected chi connectivity index (χ1v) is 11.3. The van der Waals surface area contributed by atoms with Crippen LogP contribution in [0.3, 0.4) is 0 Å². The quantitative estimate of drug-likeness (QED) is 0.535. The molecule has 28 heavy (non-hydrogen) atoms. The van der Waals surface area contributed by atoms with Gasteiger partial charge in [-0.25, -0.2) is 0 Å². The summed E-state index contributed by atoms with van der Waals surface area (Å²) in [5.41, 5.74) is 0.630. The van der Waals surface area contributed by atoms with E-state index >= 15 is 0 Å². The number of nitrogens with one attached hydrogen (secondary N) is 1. The third-order valence-electron chi connectivity index (χ3n) is 5.29. The molecule has 1 heterocycles. The summed E-state index contributed by atoms with van der Waals surface area (Å²) in [6.07, 6.45) is 8.01. The third-order valence-corrected chi connectivity index (χ3v) is 7.02. The third kappa shape index (κ3) is 6.45. The number of aliphatic imine (C=N–C) groups is 1. The fraction of sp³-hybridized carbons (Fsp3) is 0.600. The van der Waals surface area contributed by atoms with Crippen molar-refractivity contribution in [2.75, 3.05) is 12.4 Å². The molecule has 1 aliphatic carbocycles. The second-order valence-electron chi connectivity index (χ2n) is 7.47. The lowest BCUT2D eigenvalue weighted by atomic mass is 10.1. The summed E-state index contributed by atoms with van der Waals surface area (Å²) in [6.45, 7) is 2.17. The van der Waals surface area contributed by atoms with Gasteiger partial charge < -0.3 is 10.2 Å². The van der Waals surface area contributed by atoms with Crippen molar-refractivity contribution < 1.29 is 4.79 Å². The van der Waals surface area contributed by atoms with Crippen LogP contribution in [0.1, 0.15) is 51.9 Å². The molecule has 2 aliphatic rings. The van der Waals surface area contributed by atoms with Gasteiger partial charge >= 0.3 is 0 Å². The van der Waals surface area contributed by atoms with Crippen molar-refractivity contribution in [1.82, 2.24) is 4.90 Å². The van der Waals surface area contributed by atoms with E-state index in [1.54, 1.807) is 30.0 Å². The number of amides is 1. The number of nitrogens with zero attached hydrogens (tertiary/aromatic N) is 2. The molecule has 0 spiro atoms. The zero-order valence-corrected chi connectivity index (χ0v) is 19.4. The molecule has 1 aromatic rings. The Hall–Kier alpha value is -0.620. The van der Waals surface area contributed by atoms with Crippen molar-refractivity contribution in [1.29, 1.82) is 0 Å². The number of hydrogen-bond acceptors (Lipinski definition) is 3. The Kier molecular flexibility index (Phi) is 9.26. The molecule has 156 valence electrons. The summed E-state index contributed by atoms with van der Waals surface area (Å²) in [7, 11) is 2.06. The number of anilines is 1. The maximum absolute atomic E-state index is 12.6. The smallest absolute Gasteiger partial charge is 0.226 e. The Morgan fingerprint density at radius 3 is 2.39 bits per heavy atom. The summed E-state index contributed by atoms with van der Waals surface area (Å²) < 4.78 is 0. The van der Waals surface area contributed by atoms with E-state index in [2.05, 4.69) is 24.2 Å². The molecule has 0 radical (unpaired) electrons. The van der Waals surface area contributed by atoms with Gasteiger partial charge in [-0.05, 0) is 31.0 Å². The van der Waals surface area contributed by atoms with Gasteiger partial charge in [0.2, 0.25) is 5.91 Å². The number of hydrogen-bond donors (Lipinski definition) is 1. The van der Waals surface area contributed by atoms with Crippen LogP contribution in [-0.2, 0) is 4.79 Å². The number of halogens is 3. The Labute approximate surface area is 188 Å². The summed E-state index contributed by atoms with van der Waals surface area (Å²) in [5.74, 6) is -0.0339. The van der Waals surface area contributed by atoms with Gasteiger partial charge in [0.1, 0.15) is 0 Å². The number of amidine groups is 1. The maximum atomic E-state index is 12.6. The fourth-order valence-corrected chi connectivity index (χ4v) is 5.59. The van der Waals surface area contributed by atoms with E-state index in [1.165, 1.54) is 38.5 Å². The van der Waals surface area contributed by atoms with Crippen molar-refractivity contribution in [2.24, 2.45) is 4.99 Å². The van der Waals surface area contributed by atoms with Crippen molar-refractivity contribution >= 4 is 64.1 Å². The highest BCUT2D eigenvalue weighted by Crippen LogP contribution is 2.34. The van der Waals surface area contributed by atoms with Crippen molar-refractivity contribution in [3.63, 3.8) is 0 Å². The van der Waals surface area contributed by atoms with E-state index in [1.807, 2.05) is 0 Å². The van der Waals surface area contributed by atoms with Crippen LogP contribution >= 0.6 is 47.4 Å². The highest BCUT2D eigenvalue weighted by Gasteiger charge is 2.35. The molecular formula is C20H28Cl3N3OS. The second kappa shape index (κ2) is 11.0. The van der Waals surface area contributed by atoms with Gasteiger partial charge in [0.25, 0.3) is 0 Å². The average Bonchev–Trinajstić information content (AvgIpc) is 2.78. The lowest BCUT2D eigenvalue weighted by Crippen LogP contribution is -2.36. The van der Waals surface area contributed by atoms with E-state index in [9.17, 15) is 4.79 Å². The molecule has 2 atom stereocenters. The molecule has 1 saturated carbocycles. The summed E-state index contributed by atoms with van der Waals surface area (Å²) >= 11 is 13.8. The lowest BCUT2D eigenvalue weighted by molar-refractivity contribution is -0.117. The molecule has 1 aliphatic heterocycles. The monoisotopic (exact) mass is 463 g/mol. The highest BCUT2D eigenvalue weighted by atomic mass is 35.5. The Bertz CT molecular complexity index is 688. The fourth-order valence-electron chi connectivity index (χ4n) is 3.78. The first-order chi connectivity index (χ1) is 12.9. The molecule has 2 unspecified atom stereocenters. The first kappa shape index (κ1) is 23.7. The van der Waals surface area contributed by atoms with Crippen LogP contribution in [0.4, 0.5) is 5.69 Å². The minimum Gasteiger partial charge on any atom is -0.350 e. The van der Waals surface area contributed by atoms with Gasteiger partial charge in [0, 0.05) is 34.5 Å². The number of carbonyl (C=O) groups excluding carboxylic acids is 1. The maximum Gasteiger partial charge on any atom is 0.226 e. The normalized spacial score (nSPS) is 24.7. The number of carbonyl (C=O) groups is 1. The molecule has 3 rings (SSSR count). The van der Waals surface area contributed by atoms with Crippen LogP contribution < -0.4 is 5.32 Å². The molecule has 0 bridgehead atoms. The van der Waals surface area contributed by atoms with E-state index in [4.69, 9.17) is 28.2 Å². The van der Waals surface area contributed by atoms with E-state index in [0.29, 0.717) is 33.4 Å². The van der Waals surface area contributed by atoms with Crippen LogP contribution in [0.15, 0.2) is 23.2 Å². The molecule has 1 aromatic carbocycles. The van der Waals surface area contributed by atoms with Crippen molar-refractivity contribution in [3.8, 4) is 0 Å².